The number of aryl methyl sites for hydroxylation is 2. The molecule has 1 unspecified atom stereocenters. The van der Waals surface area contributed by atoms with E-state index in [2.05, 4.69) is 10.3 Å². The topological polar surface area (TPSA) is 56.1 Å². The van der Waals surface area contributed by atoms with Crippen molar-refractivity contribution in [1.82, 2.24) is 14.9 Å². The van der Waals surface area contributed by atoms with Gasteiger partial charge in [0.2, 0.25) is 0 Å². The van der Waals surface area contributed by atoms with Gasteiger partial charge in [-0.2, -0.15) is 0 Å². The van der Waals surface area contributed by atoms with Gasteiger partial charge >= 0.3 is 0 Å². The Morgan fingerprint density at radius 3 is 2.56 bits per heavy atom. The lowest BCUT2D eigenvalue weighted by molar-refractivity contribution is -0.123. The molecule has 0 aliphatic rings. The van der Waals surface area contributed by atoms with Gasteiger partial charge < -0.3 is 14.6 Å². The van der Waals surface area contributed by atoms with Crippen LogP contribution in [0.5, 0.6) is 5.75 Å². The van der Waals surface area contributed by atoms with Crippen LogP contribution in [0, 0.1) is 6.92 Å². The Labute approximate surface area is 147 Å². The Kier molecular flexibility index (Phi) is 5.14. The third-order valence-electron chi connectivity index (χ3n) is 4.01. The Morgan fingerprint density at radius 2 is 1.88 bits per heavy atom. The number of hydrogen-bond acceptors (Lipinski definition) is 3. The minimum Gasteiger partial charge on any atom is -0.484 e. The Morgan fingerprint density at radius 1 is 1.16 bits per heavy atom. The smallest absolute Gasteiger partial charge is 0.258 e. The number of carbonyl (C=O) groups excluding carboxylic acids is 1. The summed E-state index contributed by atoms with van der Waals surface area (Å²) in [5.74, 6) is 1.29. The minimum absolute atomic E-state index is 0.0430. The highest BCUT2D eigenvalue weighted by Crippen LogP contribution is 2.20. The van der Waals surface area contributed by atoms with E-state index in [1.807, 2.05) is 79.3 Å². The Balaban J connectivity index is 1.73. The first-order valence-electron chi connectivity index (χ1n) is 8.15. The molecule has 0 saturated carbocycles. The maximum atomic E-state index is 12.4. The summed E-state index contributed by atoms with van der Waals surface area (Å²) in [6.45, 7) is 1.91. The number of amides is 1. The van der Waals surface area contributed by atoms with Crippen LogP contribution in [-0.4, -0.2) is 22.1 Å². The van der Waals surface area contributed by atoms with Crippen LogP contribution in [0.15, 0.2) is 67.0 Å². The lowest BCUT2D eigenvalue weighted by Gasteiger charge is -2.19. The van der Waals surface area contributed by atoms with Crippen LogP contribution in [0.3, 0.4) is 0 Å². The van der Waals surface area contributed by atoms with Crippen LogP contribution in [-0.2, 0) is 11.8 Å². The lowest BCUT2D eigenvalue weighted by Crippen LogP contribution is -2.34. The average Bonchev–Trinajstić information content (AvgIpc) is 3.05. The molecule has 0 radical (unpaired) electrons. The molecule has 3 rings (SSSR count). The SMILES string of the molecule is Cc1ccccc1OCC(=O)NC(c1ccccc1)c1nccn1C. The van der Waals surface area contributed by atoms with Gasteiger partial charge in [0.25, 0.3) is 5.91 Å². The number of carbonyl (C=O) groups is 1. The average molecular weight is 335 g/mol. The molecule has 1 atom stereocenters. The molecule has 0 fully saturated rings. The molecule has 0 aliphatic carbocycles. The maximum Gasteiger partial charge on any atom is 0.258 e. The van der Waals surface area contributed by atoms with Crippen molar-refractivity contribution in [3.63, 3.8) is 0 Å². The van der Waals surface area contributed by atoms with Crippen LogP contribution >= 0.6 is 0 Å². The number of nitrogens with one attached hydrogen (secondary N) is 1. The predicted molar refractivity (Wildman–Crippen MR) is 96.3 cm³/mol. The van der Waals surface area contributed by atoms with Gasteiger partial charge in [0.15, 0.2) is 6.61 Å². The Hall–Kier alpha value is -3.08. The van der Waals surface area contributed by atoms with E-state index < -0.39 is 0 Å². The van der Waals surface area contributed by atoms with Crippen molar-refractivity contribution in [1.29, 1.82) is 0 Å². The van der Waals surface area contributed by atoms with Crippen LogP contribution < -0.4 is 10.1 Å². The predicted octanol–water partition coefficient (Wildman–Crippen LogP) is 3.01. The molecule has 128 valence electrons. The van der Waals surface area contributed by atoms with E-state index in [0.717, 1.165) is 17.0 Å². The maximum absolute atomic E-state index is 12.4. The molecular weight excluding hydrogens is 314 g/mol. The number of nitrogens with zero attached hydrogens (tertiary/aromatic N) is 2. The fourth-order valence-electron chi connectivity index (χ4n) is 2.66. The molecule has 1 aromatic heterocycles. The summed E-state index contributed by atoms with van der Waals surface area (Å²) in [6.07, 6.45) is 3.59. The summed E-state index contributed by atoms with van der Waals surface area (Å²) in [5.41, 5.74) is 1.97. The van der Waals surface area contributed by atoms with Gasteiger partial charge in [0.05, 0.1) is 0 Å². The second-order valence-electron chi connectivity index (χ2n) is 5.86. The zero-order valence-electron chi connectivity index (χ0n) is 14.3. The number of ether oxygens (including phenoxy) is 1. The number of imidazole rings is 1. The summed E-state index contributed by atoms with van der Waals surface area (Å²) in [7, 11) is 1.91. The van der Waals surface area contributed by atoms with Gasteiger partial charge in [-0.3, -0.25) is 4.79 Å². The summed E-state index contributed by atoms with van der Waals surface area (Å²) < 4.78 is 7.55. The highest BCUT2D eigenvalue weighted by molar-refractivity contribution is 5.78. The molecule has 0 aliphatic heterocycles. The third-order valence-corrected chi connectivity index (χ3v) is 4.01. The van der Waals surface area contributed by atoms with Crippen LogP contribution in [0.2, 0.25) is 0 Å². The molecule has 0 bridgehead atoms. The van der Waals surface area contributed by atoms with E-state index in [4.69, 9.17) is 4.74 Å². The van der Waals surface area contributed by atoms with E-state index >= 15 is 0 Å². The fraction of sp³-hybridized carbons (Fsp3) is 0.200. The number of rotatable bonds is 6. The normalized spacial score (nSPS) is 11.8. The second kappa shape index (κ2) is 7.66. The first-order valence-corrected chi connectivity index (χ1v) is 8.15. The molecule has 1 N–H and O–H groups in total. The van der Waals surface area contributed by atoms with Crippen LogP contribution in [0.25, 0.3) is 0 Å². The second-order valence-corrected chi connectivity index (χ2v) is 5.86. The molecule has 1 heterocycles. The highest BCUT2D eigenvalue weighted by Gasteiger charge is 2.20. The quantitative estimate of drug-likeness (QED) is 0.753. The van der Waals surface area contributed by atoms with Crippen molar-refractivity contribution in [2.24, 2.45) is 7.05 Å². The van der Waals surface area contributed by atoms with Crippen LogP contribution in [0.1, 0.15) is 23.0 Å². The van der Waals surface area contributed by atoms with Crippen molar-refractivity contribution in [3.8, 4) is 5.75 Å². The van der Waals surface area contributed by atoms with E-state index in [0.29, 0.717) is 5.75 Å². The minimum atomic E-state index is -0.325. The summed E-state index contributed by atoms with van der Waals surface area (Å²) in [4.78, 5) is 16.8. The van der Waals surface area contributed by atoms with Crippen molar-refractivity contribution >= 4 is 5.91 Å². The monoisotopic (exact) mass is 335 g/mol. The molecule has 25 heavy (non-hydrogen) atoms. The van der Waals surface area contributed by atoms with Gasteiger partial charge in [-0.15, -0.1) is 0 Å². The van der Waals surface area contributed by atoms with Gasteiger partial charge in [0, 0.05) is 19.4 Å². The van der Waals surface area contributed by atoms with Gasteiger partial charge in [0.1, 0.15) is 17.6 Å². The van der Waals surface area contributed by atoms with Crippen molar-refractivity contribution in [3.05, 3.63) is 83.9 Å². The van der Waals surface area contributed by atoms with Gasteiger partial charge in [-0.05, 0) is 24.1 Å². The van der Waals surface area contributed by atoms with Crippen LogP contribution in [0.4, 0.5) is 0 Å². The zero-order chi connectivity index (χ0) is 17.6. The summed E-state index contributed by atoms with van der Waals surface area (Å²) in [5, 5.41) is 3.02. The molecule has 3 aromatic rings. The molecule has 1 amide bonds. The van der Waals surface area contributed by atoms with Crippen molar-refractivity contribution in [2.75, 3.05) is 6.61 Å². The number of benzene rings is 2. The Bertz CT molecular complexity index is 843. The first-order chi connectivity index (χ1) is 12.1. The third kappa shape index (κ3) is 4.07. The molecular formula is C20H21N3O2. The van der Waals surface area contributed by atoms with E-state index in [-0.39, 0.29) is 18.6 Å². The lowest BCUT2D eigenvalue weighted by atomic mass is 10.1. The van der Waals surface area contributed by atoms with Crippen molar-refractivity contribution in [2.45, 2.75) is 13.0 Å². The standard InChI is InChI=1S/C20H21N3O2/c1-15-8-6-7-11-17(15)25-14-18(24)22-19(16-9-4-3-5-10-16)20-21-12-13-23(20)2/h3-13,19H,14H2,1-2H3,(H,22,24). The molecule has 2 aromatic carbocycles. The highest BCUT2D eigenvalue weighted by atomic mass is 16.5. The molecule has 5 nitrogen and oxygen atoms in total. The fourth-order valence-corrected chi connectivity index (χ4v) is 2.66. The van der Waals surface area contributed by atoms with Gasteiger partial charge in [-0.1, -0.05) is 48.5 Å². The first kappa shape index (κ1) is 16.8. The number of para-hydroxylation sites is 1. The molecule has 0 saturated heterocycles. The number of hydrogen-bond donors (Lipinski definition) is 1. The largest absolute Gasteiger partial charge is 0.484 e. The number of aromatic nitrogens is 2. The van der Waals surface area contributed by atoms with E-state index in [1.54, 1.807) is 6.20 Å². The van der Waals surface area contributed by atoms with Gasteiger partial charge in [-0.25, -0.2) is 4.98 Å². The zero-order valence-corrected chi connectivity index (χ0v) is 14.3. The van der Waals surface area contributed by atoms with E-state index in [1.165, 1.54) is 0 Å². The van der Waals surface area contributed by atoms with Crippen molar-refractivity contribution < 1.29 is 9.53 Å². The summed E-state index contributed by atoms with van der Waals surface area (Å²) >= 11 is 0. The van der Waals surface area contributed by atoms with E-state index in [9.17, 15) is 4.79 Å². The molecule has 5 heteroatoms. The molecule has 0 spiro atoms. The summed E-state index contributed by atoms with van der Waals surface area (Å²) in [6, 6.07) is 17.1.